The molecule has 3 heterocycles. The molecule has 1 N–H and O–H groups in total. The molecule has 1 saturated carbocycles. The highest BCUT2D eigenvalue weighted by Gasteiger charge is 2.41. The summed E-state index contributed by atoms with van der Waals surface area (Å²) >= 11 is 12.4. The second kappa shape index (κ2) is 10.3. The number of nitrogens with one attached hydrogen (secondary N) is 1. The smallest absolute Gasteiger partial charge is 0.174 e. The Morgan fingerprint density at radius 1 is 1.15 bits per heavy atom. The second-order valence-corrected chi connectivity index (χ2v) is 9.58. The molecule has 2 atom stereocenters. The van der Waals surface area contributed by atoms with Crippen molar-refractivity contribution in [1.82, 2.24) is 14.9 Å². The third-order valence-corrected chi connectivity index (χ3v) is 7.27. The van der Waals surface area contributed by atoms with E-state index in [1.807, 2.05) is 42.6 Å². The molecule has 0 amide bonds. The number of rotatable bonds is 8. The van der Waals surface area contributed by atoms with Gasteiger partial charge in [-0.3, -0.25) is 4.98 Å². The van der Waals surface area contributed by atoms with Gasteiger partial charge in [-0.25, -0.2) is 0 Å². The highest BCUT2D eigenvalue weighted by Crippen LogP contribution is 2.43. The molecule has 5 rings (SSSR count). The molecule has 0 radical (unpaired) electrons. The van der Waals surface area contributed by atoms with Gasteiger partial charge in [0, 0.05) is 37.4 Å². The lowest BCUT2D eigenvalue weighted by Gasteiger charge is -2.27. The van der Waals surface area contributed by atoms with Gasteiger partial charge in [0.25, 0.3) is 0 Å². The first-order chi connectivity index (χ1) is 16.7. The first-order valence-corrected chi connectivity index (χ1v) is 12.5. The van der Waals surface area contributed by atoms with E-state index in [1.54, 1.807) is 7.11 Å². The van der Waals surface area contributed by atoms with Crippen molar-refractivity contribution in [2.24, 2.45) is 0 Å². The predicted molar refractivity (Wildman–Crippen MR) is 139 cm³/mol. The number of ether oxygens (including phenoxy) is 2. The van der Waals surface area contributed by atoms with E-state index >= 15 is 0 Å². The number of hydrogen-bond donors (Lipinski definition) is 1. The summed E-state index contributed by atoms with van der Waals surface area (Å²) in [6.07, 6.45) is 11.4. The number of pyridine rings is 1. The van der Waals surface area contributed by atoms with E-state index in [0.717, 1.165) is 11.4 Å². The van der Waals surface area contributed by atoms with Gasteiger partial charge in [-0.15, -0.1) is 0 Å². The molecule has 3 aromatic rings. The van der Waals surface area contributed by atoms with Gasteiger partial charge >= 0.3 is 0 Å². The van der Waals surface area contributed by atoms with Gasteiger partial charge in [0.2, 0.25) is 0 Å². The van der Waals surface area contributed by atoms with Crippen molar-refractivity contribution in [3.05, 3.63) is 77.3 Å². The molecule has 1 aliphatic carbocycles. The molecule has 0 bridgehead atoms. The third kappa shape index (κ3) is 4.65. The standard InChI is InChI=1S/C26H29ClN4O2S/c1-32-14-15-33-23-10-9-20(16-21(23)27)31-25(18-11-13-30(17-18)19-6-2-3-7-19)24(29-26(31)34)22-8-4-5-12-28-22/h4-5,8-13,16-17,19,24-25H,2-3,6-7,14-15H2,1H3,(H,29,34)/t24-,25+/m0/s1. The van der Waals surface area contributed by atoms with Crippen molar-refractivity contribution < 1.29 is 9.47 Å². The molecule has 6 nitrogen and oxygen atoms in total. The predicted octanol–water partition coefficient (Wildman–Crippen LogP) is 5.85. The Morgan fingerprint density at radius 2 is 2.00 bits per heavy atom. The van der Waals surface area contributed by atoms with Crippen LogP contribution in [0.5, 0.6) is 5.75 Å². The van der Waals surface area contributed by atoms with Gasteiger partial charge in [0.1, 0.15) is 12.4 Å². The Hall–Kier alpha value is -2.61. The van der Waals surface area contributed by atoms with E-state index < -0.39 is 0 Å². The first-order valence-electron chi connectivity index (χ1n) is 11.7. The van der Waals surface area contributed by atoms with Crippen LogP contribution < -0.4 is 15.0 Å². The van der Waals surface area contributed by atoms with Crippen molar-refractivity contribution in [2.45, 2.75) is 43.8 Å². The fourth-order valence-corrected chi connectivity index (χ4v) is 5.57. The molecule has 34 heavy (non-hydrogen) atoms. The van der Waals surface area contributed by atoms with Gasteiger partial charge in [-0.1, -0.05) is 30.5 Å². The first kappa shape index (κ1) is 23.1. The fourth-order valence-electron chi connectivity index (χ4n) is 5.00. The highest BCUT2D eigenvalue weighted by atomic mass is 35.5. The van der Waals surface area contributed by atoms with Gasteiger partial charge < -0.3 is 24.3 Å². The molecular formula is C26H29ClN4O2S. The van der Waals surface area contributed by atoms with Crippen LogP contribution in [0.2, 0.25) is 5.02 Å². The lowest BCUT2D eigenvalue weighted by molar-refractivity contribution is 0.146. The summed E-state index contributed by atoms with van der Waals surface area (Å²) in [5.74, 6) is 0.630. The highest BCUT2D eigenvalue weighted by molar-refractivity contribution is 7.80. The molecule has 2 aromatic heterocycles. The number of halogens is 1. The summed E-state index contributed by atoms with van der Waals surface area (Å²) < 4.78 is 13.2. The second-order valence-electron chi connectivity index (χ2n) is 8.78. The largest absolute Gasteiger partial charge is 0.490 e. The van der Waals surface area contributed by atoms with Gasteiger partial charge in [-0.05, 0) is 67.0 Å². The number of benzene rings is 1. The molecule has 2 aliphatic rings. The normalized spacial score (nSPS) is 20.6. The number of aromatic nitrogens is 2. The summed E-state index contributed by atoms with van der Waals surface area (Å²) in [5, 5.41) is 4.71. The van der Waals surface area contributed by atoms with Crippen LogP contribution in [0.4, 0.5) is 5.69 Å². The molecule has 0 unspecified atom stereocenters. The number of anilines is 1. The molecule has 2 fully saturated rings. The van der Waals surface area contributed by atoms with Crippen LogP contribution in [0.3, 0.4) is 0 Å². The fraction of sp³-hybridized carbons (Fsp3) is 0.385. The SMILES string of the molecule is COCCOc1ccc(N2C(=S)N[C@@H](c3ccccn3)[C@H]2c2ccn(C3CCCC3)c2)cc1Cl. The monoisotopic (exact) mass is 496 g/mol. The van der Waals surface area contributed by atoms with Crippen LogP contribution in [-0.4, -0.2) is 35.0 Å². The third-order valence-electron chi connectivity index (χ3n) is 6.66. The van der Waals surface area contributed by atoms with Crippen LogP contribution in [0, 0.1) is 0 Å². The van der Waals surface area contributed by atoms with Crippen molar-refractivity contribution >= 4 is 34.6 Å². The maximum atomic E-state index is 6.60. The van der Waals surface area contributed by atoms with Crippen molar-refractivity contribution in [3.63, 3.8) is 0 Å². The Labute approximate surface area is 210 Å². The zero-order chi connectivity index (χ0) is 23.5. The van der Waals surface area contributed by atoms with Crippen molar-refractivity contribution in [3.8, 4) is 5.75 Å². The molecule has 1 aromatic carbocycles. The number of methoxy groups -OCH3 is 1. The lowest BCUT2D eigenvalue weighted by atomic mass is 9.98. The average molecular weight is 497 g/mol. The lowest BCUT2D eigenvalue weighted by Crippen LogP contribution is -2.29. The summed E-state index contributed by atoms with van der Waals surface area (Å²) in [7, 11) is 1.65. The van der Waals surface area contributed by atoms with Gasteiger partial charge in [-0.2, -0.15) is 0 Å². The van der Waals surface area contributed by atoms with Crippen LogP contribution in [-0.2, 0) is 4.74 Å². The van der Waals surface area contributed by atoms with E-state index in [2.05, 4.69) is 38.2 Å². The average Bonchev–Trinajstić information content (AvgIpc) is 3.60. The number of nitrogens with zero attached hydrogens (tertiary/aromatic N) is 3. The minimum atomic E-state index is -0.0791. The zero-order valence-electron chi connectivity index (χ0n) is 19.2. The van der Waals surface area contributed by atoms with E-state index in [1.165, 1.54) is 31.2 Å². The maximum absolute atomic E-state index is 6.60. The molecule has 0 spiro atoms. The van der Waals surface area contributed by atoms with Crippen LogP contribution >= 0.6 is 23.8 Å². The van der Waals surface area contributed by atoms with Gasteiger partial charge in [0.15, 0.2) is 5.11 Å². The Kier molecular flexibility index (Phi) is 7.04. The van der Waals surface area contributed by atoms with E-state index in [-0.39, 0.29) is 12.1 Å². The minimum absolute atomic E-state index is 0.0543. The minimum Gasteiger partial charge on any atom is -0.490 e. The molecule has 1 aliphatic heterocycles. The number of thiocarbonyl (C=S) groups is 1. The van der Waals surface area contributed by atoms with Crippen LogP contribution in [0.1, 0.15) is 55.1 Å². The van der Waals surface area contributed by atoms with Crippen molar-refractivity contribution in [2.75, 3.05) is 25.2 Å². The van der Waals surface area contributed by atoms with Crippen LogP contribution in [0.25, 0.3) is 0 Å². The topological polar surface area (TPSA) is 51.6 Å². The van der Waals surface area contributed by atoms with Gasteiger partial charge in [0.05, 0.1) is 29.4 Å². The molecular weight excluding hydrogens is 468 g/mol. The maximum Gasteiger partial charge on any atom is 0.174 e. The van der Waals surface area contributed by atoms with E-state index in [0.29, 0.717) is 35.1 Å². The summed E-state index contributed by atoms with van der Waals surface area (Å²) in [6.45, 7) is 0.947. The Bertz CT molecular complexity index is 1130. The zero-order valence-corrected chi connectivity index (χ0v) is 20.8. The molecule has 178 valence electrons. The molecule has 8 heteroatoms. The summed E-state index contributed by atoms with van der Waals surface area (Å²) in [6, 6.07) is 14.5. The summed E-state index contributed by atoms with van der Waals surface area (Å²) in [5.41, 5.74) is 3.07. The number of hydrogen-bond acceptors (Lipinski definition) is 4. The Balaban J connectivity index is 1.50. The Morgan fingerprint density at radius 3 is 2.74 bits per heavy atom. The van der Waals surface area contributed by atoms with Crippen LogP contribution in [0.15, 0.2) is 61.1 Å². The molecule has 1 saturated heterocycles. The van der Waals surface area contributed by atoms with E-state index in [4.69, 9.17) is 33.3 Å². The van der Waals surface area contributed by atoms with E-state index in [9.17, 15) is 0 Å². The summed E-state index contributed by atoms with van der Waals surface area (Å²) in [4.78, 5) is 6.79. The quantitative estimate of drug-likeness (QED) is 0.311. The van der Waals surface area contributed by atoms with Crippen molar-refractivity contribution in [1.29, 1.82) is 0 Å².